The number of sulfonamides is 1. The predicted molar refractivity (Wildman–Crippen MR) is 168 cm³/mol. The minimum Gasteiger partial charge on any atom is -0.420 e. The summed E-state index contributed by atoms with van der Waals surface area (Å²) in [6, 6.07) is 8.67. The molecule has 0 aliphatic carbocycles. The molecule has 1 heterocycles. The fourth-order valence-electron chi connectivity index (χ4n) is 3.87. The van der Waals surface area contributed by atoms with E-state index in [1.165, 1.54) is 49.5 Å². The average Bonchev–Trinajstić information content (AvgIpc) is 2.95. The molecule has 0 spiro atoms. The number of para-hydroxylation sites is 1. The number of rotatable bonds is 12. The average molecular weight is 654 g/mol. The summed E-state index contributed by atoms with van der Waals surface area (Å²) in [7, 11) is -1.18. The quantitative estimate of drug-likeness (QED) is 0.184. The van der Waals surface area contributed by atoms with Gasteiger partial charge in [-0.3, -0.25) is 9.10 Å². The van der Waals surface area contributed by atoms with Crippen LogP contribution in [0.2, 0.25) is 10.0 Å². The highest BCUT2D eigenvalue weighted by atomic mass is 35.5. The molecule has 0 radical (unpaired) electrons. The second-order valence-corrected chi connectivity index (χ2v) is 11.9. The third kappa shape index (κ3) is 7.98. The molecule has 1 N–H and O–H groups in total. The standard InChI is InChI=1S/C28H34Cl2N6O6S/c1-7-24(37)42-25-21(12-11-13-23(25)41-28(38)34(5)6)32-26-22(17-31-27(33-26)35(8-2)9-3)36(10-4)43(39,40)20-15-18(29)14-19(30)16-20/h11-17H,7-10H2,1-6H3,(H,31,32,33). The molecule has 2 aromatic carbocycles. The van der Waals surface area contributed by atoms with E-state index < -0.39 is 22.1 Å². The van der Waals surface area contributed by atoms with E-state index in [1.807, 2.05) is 18.7 Å². The van der Waals surface area contributed by atoms with Gasteiger partial charge in [0.2, 0.25) is 5.95 Å². The number of benzene rings is 2. The number of carbonyl (C=O) groups excluding carboxylic acids is 2. The Hall–Kier alpha value is -3.81. The highest BCUT2D eigenvalue weighted by molar-refractivity contribution is 7.92. The molecule has 0 aliphatic rings. The van der Waals surface area contributed by atoms with Crippen LogP contribution in [-0.2, 0) is 14.8 Å². The van der Waals surface area contributed by atoms with Gasteiger partial charge in [0.15, 0.2) is 17.3 Å². The number of hydrogen-bond acceptors (Lipinski definition) is 10. The van der Waals surface area contributed by atoms with Gasteiger partial charge in [-0.05, 0) is 51.1 Å². The Morgan fingerprint density at radius 3 is 2.16 bits per heavy atom. The van der Waals surface area contributed by atoms with Crippen molar-refractivity contribution in [2.24, 2.45) is 0 Å². The summed E-state index contributed by atoms with van der Waals surface area (Å²) in [5, 5.41) is 3.41. The van der Waals surface area contributed by atoms with Crippen molar-refractivity contribution >= 4 is 68.4 Å². The zero-order chi connectivity index (χ0) is 31.9. The van der Waals surface area contributed by atoms with E-state index in [1.54, 1.807) is 26.0 Å². The summed E-state index contributed by atoms with van der Waals surface area (Å²) < 4.78 is 39.9. The summed E-state index contributed by atoms with van der Waals surface area (Å²) in [6.07, 6.45) is 0.745. The summed E-state index contributed by atoms with van der Waals surface area (Å²) in [6.45, 7) is 8.31. The fourth-order valence-corrected chi connectivity index (χ4v) is 6.07. The van der Waals surface area contributed by atoms with Gasteiger partial charge < -0.3 is 24.6 Å². The minimum absolute atomic E-state index is 0.00666. The third-order valence-electron chi connectivity index (χ3n) is 6.08. The Morgan fingerprint density at radius 1 is 0.953 bits per heavy atom. The van der Waals surface area contributed by atoms with Crippen LogP contribution < -0.4 is 24.0 Å². The molecule has 1 amide bonds. The molecule has 0 saturated heterocycles. The van der Waals surface area contributed by atoms with Crippen LogP contribution in [-0.4, -0.2) is 69.1 Å². The Bertz CT molecular complexity index is 1560. The maximum absolute atomic E-state index is 13.9. The molecule has 15 heteroatoms. The molecule has 0 fully saturated rings. The van der Waals surface area contributed by atoms with Crippen molar-refractivity contribution < 1.29 is 27.5 Å². The van der Waals surface area contributed by atoms with Gasteiger partial charge in [-0.1, -0.05) is 36.2 Å². The van der Waals surface area contributed by atoms with E-state index in [9.17, 15) is 18.0 Å². The highest BCUT2D eigenvalue weighted by Crippen LogP contribution is 2.40. The number of hydrogen-bond donors (Lipinski definition) is 1. The SMILES string of the molecule is CCC(=O)Oc1c(Nc2nc(N(CC)CC)ncc2N(CC)S(=O)(=O)c2cc(Cl)cc(Cl)c2)cccc1OC(=O)N(C)C. The van der Waals surface area contributed by atoms with Gasteiger partial charge in [0.25, 0.3) is 10.0 Å². The molecule has 12 nitrogen and oxygen atoms in total. The van der Waals surface area contributed by atoms with Gasteiger partial charge in [-0.2, -0.15) is 4.98 Å². The molecule has 0 atom stereocenters. The van der Waals surface area contributed by atoms with E-state index in [-0.39, 0.29) is 56.6 Å². The molecule has 0 unspecified atom stereocenters. The molecule has 3 aromatic rings. The van der Waals surface area contributed by atoms with Gasteiger partial charge in [-0.15, -0.1) is 0 Å². The molecule has 0 bridgehead atoms. The number of halogens is 2. The lowest BCUT2D eigenvalue weighted by molar-refractivity contribution is -0.134. The number of carbonyl (C=O) groups is 2. The predicted octanol–water partition coefficient (Wildman–Crippen LogP) is 5.96. The second kappa shape index (κ2) is 14.6. The van der Waals surface area contributed by atoms with Crippen LogP contribution in [0.5, 0.6) is 11.5 Å². The minimum atomic E-state index is -4.20. The number of esters is 1. The molecule has 0 saturated carbocycles. The maximum Gasteiger partial charge on any atom is 0.414 e. The highest BCUT2D eigenvalue weighted by Gasteiger charge is 2.29. The molecule has 0 aliphatic heterocycles. The lowest BCUT2D eigenvalue weighted by Gasteiger charge is -2.27. The van der Waals surface area contributed by atoms with E-state index >= 15 is 0 Å². The monoisotopic (exact) mass is 652 g/mol. The zero-order valence-corrected chi connectivity index (χ0v) is 27.0. The van der Waals surface area contributed by atoms with Crippen molar-refractivity contribution in [3.05, 3.63) is 52.6 Å². The number of amides is 1. The van der Waals surface area contributed by atoms with E-state index in [4.69, 9.17) is 32.7 Å². The molecule has 43 heavy (non-hydrogen) atoms. The van der Waals surface area contributed by atoms with Crippen LogP contribution in [0, 0.1) is 0 Å². The lowest BCUT2D eigenvalue weighted by Crippen LogP contribution is -2.32. The topological polar surface area (TPSA) is 134 Å². The van der Waals surface area contributed by atoms with Crippen molar-refractivity contribution in [2.45, 2.75) is 39.0 Å². The summed E-state index contributed by atoms with van der Waals surface area (Å²) >= 11 is 12.3. The smallest absolute Gasteiger partial charge is 0.414 e. The van der Waals surface area contributed by atoms with E-state index in [0.29, 0.717) is 19.0 Å². The number of nitrogens with zero attached hydrogens (tertiary/aromatic N) is 5. The van der Waals surface area contributed by atoms with Gasteiger partial charge in [0.05, 0.1) is 16.8 Å². The van der Waals surface area contributed by atoms with Crippen molar-refractivity contribution in [2.75, 3.05) is 48.3 Å². The maximum atomic E-state index is 13.9. The second-order valence-electron chi connectivity index (χ2n) is 9.20. The van der Waals surface area contributed by atoms with Crippen LogP contribution in [0.1, 0.15) is 34.1 Å². The van der Waals surface area contributed by atoms with Crippen molar-refractivity contribution in [1.82, 2.24) is 14.9 Å². The first kappa shape index (κ1) is 33.7. The molecule has 232 valence electrons. The molecular formula is C28H34Cl2N6O6S. The molecular weight excluding hydrogens is 619 g/mol. The summed E-state index contributed by atoms with van der Waals surface area (Å²) in [5.41, 5.74) is 0.286. The number of nitrogens with one attached hydrogen (secondary N) is 1. The van der Waals surface area contributed by atoms with Crippen LogP contribution >= 0.6 is 23.2 Å². The van der Waals surface area contributed by atoms with Crippen LogP contribution in [0.25, 0.3) is 0 Å². The van der Waals surface area contributed by atoms with Crippen molar-refractivity contribution in [3.63, 3.8) is 0 Å². The fraction of sp³-hybridized carbons (Fsp3) is 0.357. The Kier molecular flexibility index (Phi) is 11.4. The van der Waals surface area contributed by atoms with Gasteiger partial charge in [0.1, 0.15) is 5.69 Å². The van der Waals surface area contributed by atoms with Crippen LogP contribution in [0.4, 0.5) is 27.9 Å². The first-order valence-corrected chi connectivity index (χ1v) is 15.7. The lowest BCUT2D eigenvalue weighted by atomic mass is 10.2. The van der Waals surface area contributed by atoms with E-state index in [2.05, 4.69) is 15.3 Å². The third-order valence-corrected chi connectivity index (χ3v) is 8.38. The first-order valence-electron chi connectivity index (χ1n) is 13.5. The van der Waals surface area contributed by atoms with Crippen LogP contribution in [0.15, 0.2) is 47.5 Å². The zero-order valence-electron chi connectivity index (χ0n) is 24.7. The Balaban J connectivity index is 2.24. The number of anilines is 4. The first-order chi connectivity index (χ1) is 20.4. The molecule has 3 rings (SSSR count). The summed E-state index contributed by atoms with van der Waals surface area (Å²) in [4.78, 5) is 36.9. The van der Waals surface area contributed by atoms with Gasteiger partial charge >= 0.3 is 12.1 Å². The molecule has 1 aromatic heterocycles. The normalized spacial score (nSPS) is 11.1. The number of ether oxygens (including phenoxy) is 2. The van der Waals surface area contributed by atoms with Crippen LogP contribution in [0.3, 0.4) is 0 Å². The summed E-state index contributed by atoms with van der Waals surface area (Å²) in [5.74, 6) is -0.276. The van der Waals surface area contributed by atoms with Crippen molar-refractivity contribution in [3.8, 4) is 11.5 Å². The van der Waals surface area contributed by atoms with Crippen molar-refractivity contribution in [1.29, 1.82) is 0 Å². The number of aromatic nitrogens is 2. The Morgan fingerprint density at radius 2 is 1.60 bits per heavy atom. The van der Waals surface area contributed by atoms with Gasteiger partial charge in [0, 0.05) is 50.2 Å². The van der Waals surface area contributed by atoms with Gasteiger partial charge in [-0.25, -0.2) is 18.2 Å². The largest absolute Gasteiger partial charge is 0.420 e. The van der Waals surface area contributed by atoms with E-state index in [0.717, 1.165) is 4.31 Å². The Labute approximate surface area is 261 Å².